The predicted octanol–water partition coefficient (Wildman–Crippen LogP) is 14.3. The van der Waals surface area contributed by atoms with Crippen molar-refractivity contribution in [3.63, 3.8) is 0 Å². The van der Waals surface area contributed by atoms with Gasteiger partial charge in [-0.3, -0.25) is 4.98 Å². The van der Waals surface area contributed by atoms with Crippen LogP contribution in [0, 0.1) is 0 Å². The summed E-state index contributed by atoms with van der Waals surface area (Å²) in [6.45, 7) is 0. The molecule has 2 nitrogen and oxygen atoms in total. The van der Waals surface area contributed by atoms with Crippen LogP contribution in [0.15, 0.2) is 193 Å². The van der Waals surface area contributed by atoms with Gasteiger partial charge in [0.15, 0.2) is 0 Å². The average Bonchev–Trinajstić information content (AvgIpc) is 3.58. The van der Waals surface area contributed by atoms with Gasteiger partial charge in [-0.15, -0.1) is 0 Å². The van der Waals surface area contributed by atoms with E-state index in [1.165, 1.54) is 65.7 Å². The molecule has 9 aromatic carbocycles. The fourth-order valence-electron chi connectivity index (χ4n) is 8.34. The van der Waals surface area contributed by atoms with Crippen LogP contribution in [0.3, 0.4) is 0 Å². The maximum absolute atomic E-state index is 6.39. The van der Waals surface area contributed by atoms with Crippen molar-refractivity contribution in [3.8, 4) is 44.5 Å². The molecule has 0 aliphatic rings. The summed E-state index contributed by atoms with van der Waals surface area (Å²) in [7, 11) is 0. The van der Waals surface area contributed by atoms with Crippen molar-refractivity contribution in [3.05, 3.63) is 188 Å². The third-order valence-corrected chi connectivity index (χ3v) is 10.9. The van der Waals surface area contributed by atoms with E-state index < -0.39 is 0 Å². The summed E-state index contributed by atoms with van der Waals surface area (Å²) in [5.74, 6) is 0. The lowest BCUT2D eigenvalue weighted by atomic mass is 9.85. The van der Waals surface area contributed by atoms with Crippen LogP contribution in [-0.2, 0) is 0 Å². The second-order valence-electron chi connectivity index (χ2n) is 13.9. The van der Waals surface area contributed by atoms with E-state index in [2.05, 4.69) is 175 Å². The molecule has 0 fully saturated rings. The number of aromatic nitrogens is 1. The number of benzene rings is 9. The molecular weight excluding hydrogens is 643 g/mol. The maximum Gasteiger partial charge on any atom is 0.136 e. The summed E-state index contributed by atoms with van der Waals surface area (Å²) >= 11 is 0. The Morgan fingerprint density at radius 3 is 1.64 bits per heavy atom. The Morgan fingerprint density at radius 1 is 0.302 bits per heavy atom. The number of fused-ring (bicyclic) bond motifs is 7. The molecule has 0 aliphatic carbocycles. The van der Waals surface area contributed by atoms with E-state index in [-0.39, 0.29) is 0 Å². The zero-order valence-corrected chi connectivity index (χ0v) is 28.8. The second kappa shape index (κ2) is 11.8. The molecule has 0 atom stereocenters. The molecule has 53 heavy (non-hydrogen) atoms. The Kier molecular flexibility index (Phi) is 6.59. The molecule has 11 aromatic rings. The number of pyridine rings is 1. The minimum atomic E-state index is 0.891. The zero-order chi connectivity index (χ0) is 34.9. The van der Waals surface area contributed by atoms with E-state index in [4.69, 9.17) is 4.42 Å². The van der Waals surface area contributed by atoms with E-state index in [9.17, 15) is 0 Å². The Bertz CT molecular complexity index is 3170. The van der Waals surface area contributed by atoms with E-state index in [1.807, 2.05) is 18.5 Å². The molecular formula is C51H31NO. The maximum atomic E-state index is 6.39. The lowest BCUT2D eigenvalue weighted by molar-refractivity contribution is 0.669. The van der Waals surface area contributed by atoms with Crippen molar-refractivity contribution >= 4 is 65.0 Å². The van der Waals surface area contributed by atoms with Gasteiger partial charge >= 0.3 is 0 Å². The van der Waals surface area contributed by atoms with Crippen molar-refractivity contribution in [2.75, 3.05) is 0 Å². The van der Waals surface area contributed by atoms with Crippen LogP contribution >= 0.6 is 0 Å². The van der Waals surface area contributed by atoms with Gasteiger partial charge in [0.2, 0.25) is 0 Å². The van der Waals surface area contributed by atoms with Crippen LogP contribution in [0.1, 0.15) is 0 Å². The Hall–Kier alpha value is -7.03. The number of nitrogens with zero attached hydrogens (tertiary/aromatic N) is 1. The number of hydrogen-bond acceptors (Lipinski definition) is 2. The molecule has 0 bridgehead atoms. The van der Waals surface area contributed by atoms with Crippen LogP contribution in [0.25, 0.3) is 110 Å². The highest BCUT2D eigenvalue weighted by molar-refractivity contribution is 6.21. The Balaban J connectivity index is 1.02. The van der Waals surface area contributed by atoms with Crippen molar-refractivity contribution in [2.24, 2.45) is 0 Å². The number of rotatable bonds is 4. The first-order valence-electron chi connectivity index (χ1n) is 18.1. The third kappa shape index (κ3) is 4.84. The van der Waals surface area contributed by atoms with Crippen LogP contribution in [0.2, 0.25) is 0 Å². The highest BCUT2D eigenvalue weighted by Crippen LogP contribution is 2.45. The van der Waals surface area contributed by atoms with E-state index in [0.29, 0.717) is 0 Å². The fraction of sp³-hybridized carbons (Fsp3) is 0. The van der Waals surface area contributed by atoms with Crippen molar-refractivity contribution in [1.82, 2.24) is 4.98 Å². The standard InChI is InChI=1S/C51H31NO/c1-2-9-35-26-37(21-18-32(35)8-1)36-10-7-11-40(27-36)51-45-14-5-3-12-43(45)50(44-13-4-6-15-46(44)51)34-19-16-33(17-20-34)38-22-23-42-47-28-41-31-52-25-24-39(41)30-49(47)53-48(42)29-38/h1-31H. The largest absolute Gasteiger partial charge is 0.456 e. The van der Waals surface area contributed by atoms with Gasteiger partial charge in [0.1, 0.15) is 11.2 Å². The van der Waals surface area contributed by atoms with Crippen molar-refractivity contribution in [1.29, 1.82) is 0 Å². The lowest BCUT2D eigenvalue weighted by Crippen LogP contribution is -1.91. The first-order valence-corrected chi connectivity index (χ1v) is 18.1. The molecule has 0 N–H and O–H groups in total. The summed E-state index contributed by atoms with van der Waals surface area (Å²) < 4.78 is 6.39. The molecule has 2 aromatic heterocycles. The molecule has 2 heteroatoms. The average molecular weight is 674 g/mol. The van der Waals surface area contributed by atoms with Crippen LogP contribution in [0.5, 0.6) is 0 Å². The molecule has 246 valence electrons. The molecule has 0 saturated carbocycles. The second-order valence-corrected chi connectivity index (χ2v) is 13.9. The molecule has 0 saturated heterocycles. The van der Waals surface area contributed by atoms with E-state index in [0.717, 1.165) is 43.8 Å². The fourth-order valence-corrected chi connectivity index (χ4v) is 8.34. The van der Waals surface area contributed by atoms with Crippen LogP contribution in [-0.4, -0.2) is 4.98 Å². The molecule has 0 aliphatic heterocycles. The molecule has 0 radical (unpaired) electrons. The van der Waals surface area contributed by atoms with Gasteiger partial charge in [-0.1, -0.05) is 133 Å². The minimum Gasteiger partial charge on any atom is -0.456 e. The van der Waals surface area contributed by atoms with Gasteiger partial charge < -0.3 is 4.42 Å². The molecule has 0 amide bonds. The van der Waals surface area contributed by atoms with Gasteiger partial charge in [0, 0.05) is 28.6 Å². The zero-order valence-electron chi connectivity index (χ0n) is 28.8. The predicted molar refractivity (Wildman–Crippen MR) is 223 cm³/mol. The number of furan rings is 1. The van der Waals surface area contributed by atoms with Gasteiger partial charge in [-0.2, -0.15) is 0 Å². The van der Waals surface area contributed by atoms with Crippen molar-refractivity contribution in [2.45, 2.75) is 0 Å². The first kappa shape index (κ1) is 29.7. The smallest absolute Gasteiger partial charge is 0.136 e. The molecule has 0 unspecified atom stereocenters. The highest BCUT2D eigenvalue weighted by atomic mass is 16.3. The van der Waals surface area contributed by atoms with E-state index >= 15 is 0 Å². The van der Waals surface area contributed by atoms with Gasteiger partial charge in [0.05, 0.1) is 0 Å². The van der Waals surface area contributed by atoms with Gasteiger partial charge in [-0.05, 0) is 125 Å². The SMILES string of the molecule is c1cc(-c2ccc3ccccc3c2)cc(-c2c3ccccc3c(-c3ccc(-c4ccc5c(c4)oc4cc6ccncc6cc45)cc3)c3ccccc23)c1. The summed E-state index contributed by atoms with van der Waals surface area (Å²) in [4.78, 5) is 4.31. The number of hydrogen-bond donors (Lipinski definition) is 0. The molecule has 2 heterocycles. The summed E-state index contributed by atoms with van der Waals surface area (Å²) in [5.41, 5.74) is 11.4. The topological polar surface area (TPSA) is 26.0 Å². The van der Waals surface area contributed by atoms with Gasteiger partial charge in [-0.25, -0.2) is 0 Å². The normalized spacial score (nSPS) is 11.8. The van der Waals surface area contributed by atoms with Crippen molar-refractivity contribution < 1.29 is 4.42 Å². The Labute approximate surface area is 306 Å². The van der Waals surface area contributed by atoms with Crippen LogP contribution in [0.4, 0.5) is 0 Å². The quantitative estimate of drug-likeness (QED) is 0.174. The van der Waals surface area contributed by atoms with E-state index in [1.54, 1.807) is 0 Å². The molecule has 0 spiro atoms. The monoisotopic (exact) mass is 673 g/mol. The lowest BCUT2D eigenvalue weighted by Gasteiger charge is -2.18. The summed E-state index contributed by atoms with van der Waals surface area (Å²) in [6.07, 6.45) is 3.74. The molecule has 11 rings (SSSR count). The minimum absolute atomic E-state index is 0.891. The highest BCUT2D eigenvalue weighted by Gasteiger charge is 2.17. The third-order valence-electron chi connectivity index (χ3n) is 10.9. The van der Waals surface area contributed by atoms with Gasteiger partial charge in [0.25, 0.3) is 0 Å². The Morgan fingerprint density at radius 2 is 0.868 bits per heavy atom. The summed E-state index contributed by atoms with van der Waals surface area (Å²) in [5, 5.41) is 12.0. The van der Waals surface area contributed by atoms with Crippen LogP contribution < -0.4 is 0 Å². The summed E-state index contributed by atoms with van der Waals surface area (Å²) in [6, 6.07) is 64.0. The first-order chi connectivity index (χ1) is 26.2.